The minimum Gasteiger partial charge on any atom is -0.506 e. The summed E-state index contributed by atoms with van der Waals surface area (Å²) in [5.41, 5.74) is 1.81. The van der Waals surface area contributed by atoms with Crippen LogP contribution in [-0.4, -0.2) is 40.8 Å². The number of aliphatic hydroxyl groups excluding tert-OH is 1. The first-order valence-electron chi connectivity index (χ1n) is 9.41. The normalized spacial score (nSPS) is 16.1. The summed E-state index contributed by atoms with van der Waals surface area (Å²) in [6, 6.07) is 11.5. The van der Waals surface area contributed by atoms with Crippen molar-refractivity contribution in [1.29, 1.82) is 0 Å². The van der Waals surface area contributed by atoms with Gasteiger partial charge in [-0.05, 0) is 49.8 Å². The van der Waals surface area contributed by atoms with Crippen molar-refractivity contribution in [2.75, 3.05) is 13.7 Å². The fourth-order valence-electron chi connectivity index (χ4n) is 2.78. The summed E-state index contributed by atoms with van der Waals surface area (Å²) in [6.45, 7) is 3.65. The van der Waals surface area contributed by atoms with Gasteiger partial charge in [-0.1, -0.05) is 35.5 Å². The number of amides is 1. The van der Waals surface area contributed by atoms with E-state index in [1.165, 1.54) is 13.2 Å². The van der Waals surface area contributed by atoms with Crippen molar-refractivity contribution < 1.29 is 29.3 Å². The predicted octanol–water partition coefficient (Wildman–Crippen LogP) is 4.41. The van der Waals surface area contributed by atoms with E-state index in [4.69, 9.17) is 9.47 Å². The molecule has 1 aliphatic heterocycles. The van der Waals surface area contributed by atoms with Crippen LogP contribution in [0.3, 0.4) is 0 Å². The number of aromatic hydroxyl groups is 1. The summed E-state index contributed by atoms with van der Waals surface area (Å²) in [7, 11) is 1.42. The van der Waals surface area contributed by atoms with Gasteiger partial charge in [0.25, 0.3) is 5.91 Å². The van der Waals surface area contributed by atoms with E-state index in [1.807, 2.05) is 6.92 Å². The molecule has 0 atom stereocenters. The topological polar surface area (TPSA) is 105 Å². The van der Waals surface area contributed by atoms with Gasteiger partial charge in [0.15, 0.2) is 11.5 Å². The van der Waals surface area contributed by atoms with Gasteiger partial charge in [0.1, 0.15) is 16.4 Å². The molecule has 0 aliphatic carbocycles. The maximum absolute atomic E-state index is 12.6. The van der Waals surface area contributed by atoms with Crippen molar-refractivity contribution in [3.8, 4) is 11.5 Å². The Morgan fingerprint density at radius 1 is 1.13 bits per heavy atom. The summed E-state index contributed by atoms with van der Waals surface area (Å²) >= 11 is 0.982. The fourth-order valence-corrected chi connectivity index (χ4v) is 3.79. The van der Waals surface area contributed by atoms with Crippen LogP contribution in [0.2, 0.25) is 0 Å². The lowest BCUT2D eigenvalue weighted by Crippen LogP contribution is -2.14. The van der Waals surface area contributed by atoms with Crippen LogP contribution in [0.1, 0.15) is 28.4 Å². The molecule has 3 rings (SSSR count). The van der Waals surface area contributed by atoms with Gasteiger partial charge in [-0.3, -0.25) is 4.79 Å². The molecule has 160 valence electrons. The molecule has 0 radical (unpaired) electrons. The molecule has 8 heteroatoms. The van der Waals surface area contributed by atoms with Crippen LogP contribution in [0.5, 0.6) is 11.5 Å². The zero-order valence-electron chi connectivity index (χ0n) is 17.2. The quantitative estimate of drug-likeness (QED) is 0.665. The van der Waals surface area contributed by atoms with Crippen LogP contribution in [-0.2, 0) is 9.53 Å². The molecule has 0 aromatic heterocycles. The zero-order valence-corrected chi connectivity index (χ0v) is 18.0. The first kappa shape index (κ1) is 22.2. The predicted molar refractivity (Wildman–Crippen MR) is 119 cm³/mol. The third-order valence-electron chi connectivity index (χ3n) is 4.37. The molecule has 1 heterocycles. The summed E-state index contributed by atoms with van der Waals surface area (Å²) in [5, 5.41) is 20.5. The Balaban J connectivity index is 2.01. The van der Waals surface area contributed by atoms with Crippen molar-refractivity contribution in [2.45, 2.75) is 13.8 Å². The van der Waals surface area contributed by atoms with Crippen LogP contribution in [0.15, 0.2) is 63.7 Å². The van der Waals surface area contributed by atoms with Crippen LogP contribution in [0.4, 0.5) is 0 Å². The molecule has 0 saturated heterocycles. The number of esters is 1. The molecule has 2 aromatic rings. The molecule has 1 amide bonds. The van der Waals surface area contributed by atoms with E-state index in [1.54, 1.807) is 49.4 Å². The summed E-state index contributed by atoms with van der Waals surface area (Å²) in [6.07, 6.45) is 1.60. The number of phenolic OH excluding ortho intramolecular Hbond substituents is 1. The van der Waals surface area contributed by atoms with Gasteiger partial charge in [0, 0.05) is 5.56 Å². The highest BCUT2D eigenvalue weighted by atomic mass is 32.2. The second-order valence-electron chi connectivity index (χ2n) is 6.57. The number of methoxy groups -OCH3 is 1. The first-order valence-corrected chi connectivity index (χ1v) is 10.2. The van der Waals surface area contributed by atoms with E-state index in [-0.39, 0.29) is 34.5 Å². The Kier molecular flexibility index (Phi) is 6.81. The maximum atomic E-state index is 12.6. The van der Waals surface area contributed by atoms with Gasteiger partial charge < -0.3 is 19.7 Å². The van der Waals surface area contributed by atoms with E-state index in [2.05, 4.69) is 4.99 Å². The highest BCUT2D eigenvalue weighted by Crippen LogP contribution is 2.40. The molecule has 0 unspecified atom stereocenters. The molecule has 31 heavy (non-hydrogen) atoms. The Morgan fingerprint density at radius 2 is 1.84 bits per heavy atom. The second-order valence-corrected chi connectivity index (χ2v) is 7.60. The van der Waals surface area contributed by atoms with Crippen LogP contribution < -0.4 is 4.74 Å². The third kappa shape index (κ3) is 4.97. The monoisotopic (exact) mass is 439 g/mol. The number of ether oxygens (including phenoxy) is 2. The molecule has 0 spiro atoms. The van der Waals surface area contributed by atoms with Crippen LogP contribution in [0, 0.1) is 6.92 Å². The molecule has 1 aliphatic rings. The third-order valence-corrected chi connectivity index (χ3v) is 5.39. The van der Waals surface area contributed by atoms with Crippen molar-refractivity contribution in [3.05, 3.63) is 75.4 Å². The van der Waals surface area contributed by atoms with Crippen molar-refractivity contribution in [3.63, 3.8) is 0 Å². The summed E-state index contributed by atoms with van der Waals surface area (Å²) in [5.74, 6) is -1.40. The zero-order chi connectivity index (χ0) is 22.5. The number of benzene rings is 2. The largest absolute Gasteiger partial charge is 0.506 e. The number of phenols is 1. The van der Waals surface area contributed by atoms with Crippen molar-refractivity contribution >= 4 is 34.8 Å². The summed E-state index contributed by atoms with van der Waals surface area (Å²) in [4.78, 5) is 29.4. The number of nitrogens with zero attached hydrogens (tertiary/aromatic N) is 1. The van der Waals surface area contributed by atoms with Crippen molar-refractivity contribution in [1.82, 2.24) is 0 Å². The molecular formula is C23H21NO6S. The molecule has 2 N–H and O–H groups in total. The number of hydrogen-bond acceptors (Lipinski definition) is 7. The van der Waals surface area contributed by atoms with E-state index < -0.39 is 11.9 Å². The molecule has 0 bridgehead atoms. The number of rotatable bonds is 5. The number of aliphatic imine (C=N–C) groups is 1. The lowest BCUT2D eigenvalue weighted by molar-refractivity contribution is -0.138. The Hall–Kier alpha value is -3.52. The minimum atomic E-state index is -0.769. The van der Waals surface area contributed by atoms with Gasteiger partial charge in [-0.2, -0.15) is 0 Å². The van der Waals surface area contributed by atoms with E-state index in [9.17, 15) is 19.8 Å². The lowest BCUT2D eigenvalue weighted by Gasteiger charge is -2.04. The van der Waals surface area contributed by atoms with E-state index >= 15 is 0 Å². The Morgan fingerprint density at radius 3 is 2.48 bits per heavy atom. The maximum Gasteiger partial charge on any atom is 0.344 e. The summed E-state index contributed by atoms with van der Waals surface area (Å²) < 4.78 is 10.1. The smallest absolute Gasteiger partial charge is 0.344 e. The van der Waals surface area contributed by atoms with Crippen molar-refractivity contribution in [2.24, 2.45) is 4.99 Å². The highest BCUT2D eigenvalue weighted by molar-refractivity contribution is 8.18. The van der Waals surface area contributed by atoms with Gasteiger partial charge in [-0.15, -0.1) is 0 Å². The second kappa shape index (κ2) is 9.53. The van der Waals surface area contributed by atoms with E-state index in [0.29, 0.717) is 16.0 Å². The average Bonchev–Trinajstić information content (AvgIpc) is 3.04. The van der Waals surface area contributed by atoms with Gasteiger partial charge in [-0.25, -0.2) is 9.79 Å². The average molecular weight is 439 g/mol. The number of aryl methyl sites for hydroxylation is 1. The Labute approximate surface area is 183 Å². The SMILES string of the molecule is CCOC(=O)C1=C(O)/C(=C\c2ccc(O)c(OC)c2)SC1=NC(=O)c1ccc(C)cc1. The number of carbonyl (C=O) groups is 2. The minimum absolute atomic E-state index is 0.0263. The molecule has 0 fully saturated rings. The number of aliphatic hydroxyl groups is 1. The standard InChI is InChI=1S/C23H21NO6S/c1-4-30-23(28)19-20(26)18(12-14-7-10-16(25)17(11-14)29-3)31-22(19)24-21(27)15-8-5-13(2)6-9-15/h5-12,25-26H,4H2,1-3H3/b18-12+,24-22?. The van der Waals surface area contributed by atoms with Gasteiger partial charge in [0.2, 0.25) is 0 Å². The number of hydrogen-bond donors (Lipinski definition) is 2. The first-order chi connectivity index (χ1) is 14.8. The van der Waals surface area contributed by atoms with Crippen LogP contribution >= 0.6 is 11.8 Å². The van der Waals surface area contributed by atoms with Crippen LogP contribution in [0.25, 0.3) is 6.08 Å². The van der Waals surface area contributed by atoms with Gasteiger partial charge >= 0.3 is 5.97 Å². The van der Waals surface area contributed by atoms with Gasteiger partial charge in [0.05, 0.1) is 18.6 Å². The van der Waals surface area contributed by atoms with E-state index in [0.717, 1.165) is 17.3 Å². The fraction of sp³-hybridized carbons (Fsp3) is 0.174. The molecule has 7 nitrogen and oxygen atoms in total. The highest BCUT2D eigenvalue weighted by Gasteiger charge is 2.34. The lowest BCUT2D eigenvalue weighted by atomic mass is 10.1. The molecule has 0 saturated carbocycles. The number of thioether (sulfide) groups is 1. The molecular weight excluding hydrogens is 418 g/mol. The number of carbonyl (C=O) groups excluding carboxylic acids is 2. The Bertz CT molecular complexity index is 1120. The molecule has 2 aromatic carbocycles.